The average molecular weight is 349 g/mol. The maximum absolute atomic E-state index is 13.6. The van der Waals surface area contributed by atoms with Crippen molar-refractivity contribution in [2.75, 3.05) is 7.11 Å². The lowest BCUT2D eigenvalue weighted by molar-refractivity contribution is -0.141. The molecule has 0 amide bonds. The molecule has 0 spiro atoms. The maximum atomic E-state index is 13.6. The average Bonchev–Trinajstić information content (AvgIpc) is 2.50. The summed E-state index contributed by atoms with van der Waals surface area (Å²) < 4.78 is 74.2. The smallest absolute Gasteiger partial charge is 0.433 e. The van der Waals surface area contributed by atoms with Crippen LogP contribution in [-0.2, 0) is 6.18 Å². The molecule has 2 aromatic rings. The van der Waals surface area contributed by atoms with Crippen LogP contribution >= 0.6 is 0 Å². The van der Waals surface area contributed by atoms with Crippen LogP contribution in [0.25, 0.3) is 0 Å². The van der Waals surface area contributed by atoms with Gasteiger partial charge in [-0.15, -0.1) is 0 Å². The number of nitrogens with zero attached hydrogens (tertiary/aromatic N) is 1. The van der Waals surface area contributed by atoms with Gasteiger partial charge in [0.1, 0.15) is 11.3 Å². The third kappa shape index (κ3) is 3.36. The van der Waals surface area contributed by atoms with E-state index in [2.05, 4.69) is 9.72 Å². The van der Waals surface area contributed by atoms with Gasteiger partial charge in [0.05, 0.1) is 13.3 Å². The van der Waals surface area contributed by atoms with E-state index in [0.717, 1.165) is 13.2 Å². The van der Waals surface area contributed by atoms with Gasteiger partial charge in [0, 0.05) is 0 Å². The summed E-state index contributed by atoms with van der Waals surface area (Å²) in [6.07, 6.45) is -4.34. The number of aromatic carboxylic acids is 1. The van der Waals surface area contributed by atoms with E-state index in [9.17, 15) is 26.7 Å². The highest BCUT2D eigenvalue weighted by Crippen LogP contribution is 2.37. The van der Waals surface area contributed by atoms with Gasteiger partial charge in [-0.3, -0.25) is 0 Å². The largest absolute Gasteiger partial charge is 0.490 e. The molecule has 0 bridgehead atoms. The zero-order valence-corrected chi connectivity index (χ0v) is 11.8. The Morgan fingerprint density at radius 2 is 1.88 bits per heavy atom. The number of carboxylic acids is 1. The molecule has 10 heteroatoms. The molecule has 0 radical (unpaired) electrons. The minimum absolute atomic E-state index is 0.268. The first-order chi connectivity index (χ1) is 11.1. The van der Waals surface area contributed by atoms with Crippen LogP contribution in [0.5, 0.6) is 17.2 Å². The van der Waals surface area contributed by atoms with Crippen molar-refractivity contribution < 1.29 is 41.3 Å². The summed E-state index contributed by atoms with van der Waals surface area (Å²) in [4.78, 5) is 14.2. The molecular formula is C14H8F5NO4. The standard InChI is InChI=1S/C14H8F5NO4/c1-23-12-8(3-2-7(15)11(12)16)24-9-5-20-10(14(17,18)19)4-6(9)13(21)22/h2-5H,1H3,(H,21,22). The van der Waals surface area contributed by atoms with Gasteiger partial charge in [-0.05, 0) is 18.2 Å². The van der Waals surface area contributed by atoms with E-state index < -0.39 is 52.3 Å². The summed E-state index contributed by atoms with van der Waals surface area (Å²) in [5.74, 6) is -6.07. The Morgan fingerprint density at radius 1 is 1.21 bits per heavy atom. The first-order valence-corrected chi connectivity index (χ1v) is 6.15. The number of ether oxygens (including phenoxy) is 2. The second-order valence-electron chi connectivity index (χ2n) is 4.36. The minimum Gasteiger partial charge on any atom is -0.490 e. The van der Waals surface area contributed by atoms with Gasteiger partial charge in [0.2, 0.25) is 11.6 Å². The SMILES string of the molecule is COc1c(Oc2cnc(C(F)(F)F)cc2C(=O)O)ccc(F)c1F. The van der Waals surface area contributed by atoms with Crippen molar-refractivity contribution in [1.29, 1.82) is 0 Å². The van der Waals surface area contributed by atoms with Crippen LogP contribution in [-0.4, -0.2) is 23.2 Å². The number of hydrogen-bond donors (Lipinski definition) is 1. The third-order valence-electron chi connectivity index (χ3n) is 2.83. The van der Waals surface area contributed by atoms with Gasteiger partial charge in [-0.2, -0.15) is 17.6 Å². The Kier molecular flexibility index (Phi) is 4.58. The molecule has 0 unspecified atom stereocenters. The molecule has 0 aliphatic rings. The van der Waals surface area contributed by atoms with E-state index in [1.165, 1.54) is 0 Å². The number of carboxylic acid groups (broad SMARTS) is 1. The number of benzene rings is 1. The number of hydrogen-bond acceptors (Lipinski definition) is 4. The van der Waals surface area contributed by atoms with Crippen LogP contribution in [0.3, 0.4) is 0 Å². The van der Waals surface area contributed by atoms with Crippen molar-refractivity contribution in [3.8, 4) is 17.2 Å². The second kappa shape index (κ2) is 6.30. The fraction of sp³-hybridized carbons (Fsp3) is 0.143. The van der Waals surface area contributed by atoms with Crippen LogP contribution in [0.2, 0.25) is 0 Å². The minimum atomic E-state index is -4.86. The van der Waals surface area contributed by atoms with E-state index in [1.807, 2.05) is 0 Å². The molecule has 1 heterocycles. The fourth-order valence-corrected chi connectivity index (χ4v) is 1.75. The molecule has 0 aliphatic carbocycles. The maximum Gasteiger partial charge on any atom is 0.433 e. The van der Waals surface area contributed by atoms with Crippen LogP contribution in [0.15, 0.2) is 24.4 Å². The van der Waals surface area contributed by atoms with Crippen molar-refractivity contribution in [1.82, 2.24) is 4.98 Å². The monoisotopic (exact) mass is 349 g/mol. The number of aromatic nitrogens is 1. The number of methoxy groups -OCH3 is 1. The molecule has 0 aliphatic heterocycles. The molecule has 0 fully saturated rings. The first kappa shape index (κ1) is 17.4. The van der Waals surface area contributed by atoms with Crippen molar-refractivity contribution in [3.05, 3.63) is 47.3 Å². The molecule has 128 valence electrons. The molecule has 0 saturated carbocycles. The van der Waals surface area contributed by atoms with Crippen molar-refractivity contribution in [3.63, 3.8) is 0 Å². The summed E-state index contributed by atoms with van der Waals surface area (Å²) >= 11 is 0. The Bertz CT molecular complexity index is 791. The third-order valence-corrected chi connectivity index (χ3v) is 2.83. The molecule has 24 heavy (non-hydrogen) atoms. The van der Waals surface area contributed by atoms with Crippen LogP contribution in [0, 0.1) is 11.6 Å². The van der Waals surface area contributed by atoms with Gasteiger partial charge in [0.25, 0.3) is 0 Å². The van der Waals surface area contributed by atoms with E-state index >= 15 is 0 Å². The second-order valence-corrected chi connectivity index (χ2v) is 4.36. The summed E-state index contributed by atoms with van der Waals surface area (Å²) in [6, 6.07) is 1.88. The highest BCUT2D eigenvalue weighted by Gasteiger charge is 2.34. The lowest BCUT2D eigenvalue weighted by atomic mass is 10.2. The highest BCUT2D eigenvalue weighted by atomic mass is 19.4. The predicted molar refractivity (Wildman–Crippen MR) is 69.2 cm³/mol. The topological polar surface area (TPSA) is 68.7 Å². The Hall–Kier alpha value is -2.91. The molecule has 0 saturated heterocycles. The van der Waals surface area contributed by atoms with Gasteiger partial charge < -0.3 is 14.6 Å². The normalized spacial score (nSPS) is 11.2. The number of halogens is 5. The molecule has 0 atom stereocenters. The summed E-state index contributed by atoms with van der Waals surface area (Å²) in [7, 11) is 1.01. The van der Waals surface area contributed by atoms with E-state index in [-0.39, 0.29) is 6.07 Å². The van der Waals surface area contributed by atoms with Crippen molar-refractivity contribution in [2.24, 2.45) is 0 Å². The quantitative estimate of drug-likeness (QED) is 0.849. The van der Waals surface area contributed by atoms with Crippen LogP contribution in [0.4, 0.5) is 22.0 Å². The van der Waals surface area contributed by atoms with Gasteiger partial charge in [0.15, 0.2) is 17.3 Å². The summed E-state index contributed by atoms with van der Waals surface area (Å²) in [5.41, 5.74) is -2.30. The fourth-order valence-electron chi connectivity index (χ4n) is 1.75. The van der Waals surface area contributed by atoms with Gasteiger partial charge in [-0.25, -0.2) is 14.2 Å². The molecule has 1 N–H and O–H groups in total. The number of carbonyl (C=O) groups is 1. The summed E-state index contributed by atoms with van der Waals surface area (Å²) in [6.45, 7) is 0. The molecule has 5 nitrogen and oxygen atoms in total. The van der Waals surface area contributed by atoms with Gasteiger partial charge >= 0.3 is 12.1 Å². The Morgan fingerprint density at radius 3 is 2.42 bits per heavy atom. The number of rotatable bonds is 4. The summed E-state index contributed by atoms with van der Waals surface area (Å²) in [5, 5.41) is 9.02. The lowest BCUT2D eigenvalue weighted by Crippen LogP contribution is -2.11. The zero-order valence-electron chi connectivity index (χ0n) is 11.8. The molecular weight excluding hydrogens is 341 g/mol. The van der Waals surface area contributed by atoms with E-state index in [4.69, 9.17) is 9.84 Å². The predicted octanol–water partition coefficient (Wildman–Crippen LogP) is 3.88. The Balaban J connectivity index is 2.51. The van der Waals surface area contributed by atoms with Crippen LogP contribution in [0.1, 0.15) is 16.1 Å². The van der Waals surface area contributed by atoms with Gasteiger partial charge in [-0.1, -0.05) is 0 Å². The van der Waals surface area contributed by atoms with E-state index in [1.54, 1.807) is 0 Å². The van der Waals surface area contributed by atoms with Crippen molar-refractivity contribution >= 4 is 5.97 Å². The van der Waals surface area contributed by atoms with Crippen molar-refractivity contribution in [2.45, 2.75) is 6.18 Å². The lowest BCUT2D eigenvalue weighted by Gasteiger charge is -2.14. The number of alkyl halides is 3. The first-order valence-electron chi connectivity index (χ1n) is 6.15. The highest BCUT2D eigenvalue weighted by molar-refractivity contribution is 5.91. The molecule has 1 aromatic heterocycles. The zero-order chi connectivity index (χ0) is 18.1. The molecule has 2 rings (SSSR count). The molecule has 1 aromatic carbocycles. The van der Waals surface area contributed by atoms with Crippen LogP contribution < -0.4 is 9.47 Å². The number of pyridine rings is 1. The Labute approximate surface area is 131 Å². The van der Waals surface area contributed by atoms with E-state index in [0.29, 0.717) is 12.3 Å².